The average Bonchev–Trinajstić information content (AvgIpc) is 2.44. The van der Waals surface area contributed by atoms with Crippen molar-refractivity contribution in [2.75, 3.05) is 40.3 Å². The number of aryl methyl sites for hydroxylation is 1. The fraction of sp³-hybridized carbons (Fsp3) is 0.600. The Morgan fingerprint density at radius 2 is 2.30 bits per heavy atom. The first kappa shape index (κ1) is 14.9. The van der Waals surface area contributed by atoms with Crippen molar-refractivity contribution >= 4 is 5.91 Å². The second-order valence-electron chi connectivity index (χ2n) is 5.41. The minimum Gasteiger partial charge on any atom is -0.366 e. The molecule has 0 radical (unpaired) electrons. The third-order valence-corrected chi connectivity index (χ3v) is 3.50. The molecule has 5 nitrogen and oxygen atoms in total. The number of hydrogen-bond donors (Lipinski definition) is 0. The Balaban J connectivity index is 1.85. The van der Waals surface area contributed by atoms with Crippen molar-refractivity contribution in [2.45, 2.75) is 19.4 Å². The van der Waals surface area contributed by atoms with Crippen molar-refractivity contribution in [1.82, 2.24) is 14.8 Å². The van der Waals surface area contributed by atoms with Crippen LogP contribution >= 0.6 is 0 Å². The molecule has 0 spiro atoms. The summed E-state index contributed by atoms with van der Waals surface area (Å²) in [6, 6.07) is 6.09. The highest BCUT2D eigenvalue weighted by atomic mass is 16.5. The van der Waals surface area contributed by atoms with E-state index < -0.39 is 0 Å². The molecule has 1 atom stereocenters. The van der Waals surface area contributed by atoms with Gasteiger partial charge in [-0.2, -0.15) is 0 Å². The van der Waals surface area contributed by atoms with Gasteiger partial charge in [0.1, 0.15) is 6.10 Å². The van der Waals surface area contributed by atoms with E-state index in [-0.39, 0.29) is 12.0 Å². The highest BCUT2D eigenvalue weighted by Gasteiger charge is 2.27. The van der Waals surface area contributed by atoms with E-state index >= 15 is 0 Å². The van der Waals surface area contributed by atoms with Crippen LogP contribution in [0.15, 0.2) is 18.2 Å². The second-order valence-corrected chi connectivity index (χ2v) is 5.41. The van der Waals surface area contributed by atoms with Gasteiger partial charge in [-0.3, -0.25) is 14.7 Å². The Morgan fingerprint density at radius 1 is 1.50 bits per heavy atom. The van der Waals surface area contributed by atoms with Gasteiger partial charge in [0.2, 0.25) is 0 Å². The van der Waals surface area contributed by atoms with E-state index in [0.29, 0.717) is 13.2 Å². The molecule has 0 aromatic carbocycles. The fourth-order valence-electron chi connectivity index (χ4n) is 2.35. The molecule has 1 saturated heterocycles. The summed E-state index contributed by atoms with van der Waals surface area (Å²) >= 11 is 0. The van der Waals surface area contributed by atoms with Crippen LogP contribution in [0.2, 0.25) is 0 Å². The van der Waals surface area contributed by atoms with Gasteiger partial charge >= 0.3 is 0 Å². The molecule has 0 saturated carbocycles. The number of rotatable bonds is 4. The number of ether oxygens (including phenoxy) is 1. The Labute approximate surface area is 120 Å². The van der Waals surface area contributed by atoms with Crippen molar-refractivity contribution < 1.29 is 9.53 Å². The van der Waals surface area contributed by atoms with E-state index in [0.717, 1.165) is 30.9 Å². The van der Waals surface area contributed by atoms with Crippen LogP contribution in [-0.2, 0) is 16.0 Å². The third-order valence-electron chi connectivity index (χ3n) is 3.50. The van der Waals surface area contributed by atoms with Crippen LogP contribution in [0.1, 0.15) is 11.4 Å². The minimum atomic E-state index is -0.329. The summed E-state index contributed by atoms with van der Waals surface area (Å²) in [7, 11) is 3.53. The Hall–Kier alpha value is -1.46. The molecule has 5 heteroatoms. The Bertz CT molecular complexity index is 462. The van der Waals surface area contributed by atoms with Gasteiger partial charge in [-0.25, -0.2) is 0 Å². The Kier molecular flexibility index (Phi) is 5.09. The molecule has 0 N–H and O–H groups in total. The molecule has 1 aromatic rings. The zero-order valence-corrected chi connectivity index (χ0v) is 12.5. The van der Waals surface area contributed by atoms with Crippen molar-refractivity contribution in [1.29, 1.82) is 0 Å². The van der Waals surface area contributed by atoms with Gasteiger partial charge in [0.05, 0.1) is 6.61 Å². The lowest BCUT2D eigenvalue weighted by Crippen LogP contribution is -2.49. The van der Waals surface area contributed by atoms with Gasteiger partial charge in [-0.1, -0.05) is 6.07 Å². The van der Waals surface area contributed by atoms with Crippen molar-refractivity contribution in [2.24, 2.45) is 0 Å². The zero-order chi connectivity index (χ0) is 14.5. The molecule has 1 fully saturated rings. The highest BCUT2D eigenvalue weighted by Crippen LogP contribution is 2.09. The van der Waals surface area contributed by atoms with Crippen LogP contribution < -0.4 is 0 Å². The number of carbonyl (C=O) groups is 1. The lowest BCUT2D eigenvalue weighted by molar-refractivity contribution is -0.146. The summed E-state index contributed by atoms with van der Waals surface area (Å²) in [6.45, 7) is 5.08. The number of nitrogens with zero attached hydrogens (tertiary/aromatic N) is 3. The molecule has 20 heavy (non-hydrogen) atoms. The van der Waals surface area contributed by atoms with E-state index in [1.165, 1.54) is 0 Å². The number of likely N-dealkylation sites (N-methyl/N-ethyl adjacent to an activating group) is 1. The number of aromatic nitrogens is 1. The Morgan fingerprint density at radius 3 is 3.00 bits per heavy atom. The lowest BCUT2D eigenvalue weighted by atomic mass is 10.2. The van der Waals surface area contributed by atoms with E-state index in [2.05, 4.69) is 16.0 Å². The van der Waals surface area contributed by atoms with E-state index in [9.17, 15) is 4.79 Å². The topological polar surface area (TPSA) is 45.7 Å². The van der Waals surface area contributed by atoms with Crippen molar-refractivity contribution in [3.05, 3.63) is 29.6 Å². The van der Waals surface area contributed by atoms with Crippen molar-refractivity contribution in [3.63, 3.8) is 0 Å². The van der Waals surface area contributed by atoms with Gasteiger partial charge in [-0.05, 0) is 19.1 Å². The summed E-state index contributed by atoms with van der Waals surface area (Å²) < 4.78 is 5.55. The molecule has 110 valence electrons. The van der Waals surface area contributed by atoms with Gasteiger partial charge in [0.15, 0.2) is 0 Å². The van der Waals surface area contributed by atoms with Crippen molar-refractivity contribution in [3.8, 4) is 0 Å². The van der Waals surface area contributed by atoms with Crippen LogP contribution in [0.25, 0.3) is 0 Å². The van der Waals surface area contributed by atoms with Crippen LogP contribution in [0.3, 0.4) is 0 Å². The summed E-state index contributed by atoms with van der Waals surface area (Å²) in [5.41, 5.74) is 2.15. The molecule has 0 unspecified atom stereocenters. The average molecular weight is 277 g/mol. The molecule has 2 rings (SSSR count). The van der Waals surface area contributed by atoms with E-state index in [1.54, 1.807) is 19.0 Å². The number of amides is 1. The smallest absolute Gasteiger partial charge is 0.252 e. The first-order chi connectivity index (χ1) is 9.56. The fourth-order valence-corrected chi connectivity index (χ4v) is 2.35. The number of morpholine rings is 1. The minimum absolute atomic E-state index is 0.0448. The quantitative estimate of drug-likeness (QED) is 0.813. The lowest BCUT2D eigenvalue weighted by Gasteiger charge is -2.33. The molecule has 0 bridgehead atoms. The molecule has 2 heterocycles. The van der Waals surface area contributed by atoms with E-state index in [1.807, 2.05) is 19.1 Å². The van der Waals surface area contributed by atoms with Crippen LogP contribution in [0.5, 0.6) is 0 Å². The second kappa shape index (κ2) is 6.81. The van der Waals surface area contributed by atoms with Crippen LogP contribution in [0.4, 0.5) is 0 Å². The normalized spacial score (nSPS) is 19.9. The predicted octanol–water partition coefficient (Wildman–Crippen LogP) is 0.722. The highest BCUT2D eigenvalue weighted by molar-refractivity contribution is 5.80. The first-order valence-corrected chi connectivity index (χ1v) is 7.04. The first-order valence-electron chi connectivity index (χ1n) is 7.04. The number of hydrogen-bond acceptors (Lipinski definition) is 4. The monoisotopic (exact) mass is 277 g/mol. The maximum Gasteiger partial charge on any atom is 0.252 e. The molecule has 1 aliphatic heterocycles. The summed E-state index contributed by atoms with van der Waals surface area (Å²) in [6.07, 6.45) is 0.578. The van der Waals surface area contributed by atoms with E-state index in [4.69, 9.17) is 4.74 Å². The largest absolute Gasteiger partial charge is 0.366 e. The predicted molar refractivity (Wildman–Crippen MR) is 77.6 cm³/mol. The maximum absolute atomic E-state index is 11.9. The number of pyridine rings is 1. The van der Waals surface area contributed by atoms with Gasteiger partial charge < -0.3 is 9.64 Å². The summed E-state index contributed by atoms with van der Waals surface area (Å²) in [5, 5.41) is 0. The summed E-state index contributed by atoms with van der Waals surface area (Å²) in [5.74, 6) is 0.0448. The molecule has 1 aliphatic rings. The molecule has 1 amide bonds. The van der Waals surface area contributed by atoms with Gasteiger partial charge in [-0.15, -0.1) is 0 Å². The van der Waals surface area contributed by atoms with Gasteiger partial charge in [0, 0.05) is 51.5 Å². The zero-order valence-electron chi connectivity index (χ0n) is 12.5. The maximum atomic E-state index is 11.9. The molecule has 0 aliphatic carbocycles. The van der Waals surface area contributed by atoms with Crippen LogP contribution in [0, 0.1) is 6.92 Å². The SMILES string of the molecule is Cc1cccc(CCN2CCO[C@@H](C(=O)N(C)C)C2)n1. The van der Waals surface area contributed by atoms with Crippen LogP contribution in [-0.4, -0.2) is 67.1 Å². The third kappa shape index (κ3) is 4.02. The number of carbonyl (C=O) groups excluding carboxylic acids is 1. The standard InChI is InChI=1S/C15H23N3O2/c1-12-5-4-6-13(16-12)7-8-18-9-10-20-14(11-18)15(19)17(2)3/h4-6,14H,7-11H2,1-3H3/t14-/m1/s1. The van der Waals surface area contributed by atoms with Gasteiger partial charge in [0.25, 0.3) is 5.91 Å². The summed E-state index contributed by atoms with van der Waals surface area (Å²) in [4.78, 5) is 20.3. The molecular weight excluding hydrogens is 254 g/mol. The molecule has 1 aromatic heterocycles. The molecular formula is C15H23N3O2.